The summed E-state index contributed by atoms with van der Waals surface area (Å²) in [5.41, 5.74) is 0.444. The van der Waals surface area contributed by atoms with E-state index in [1.165, 1.54) is 10.9 Å². The van der Waals surface area contributed by atoms with Crippen LogP contribution in [0.15, 0.2) is 41.8 Å². The molecule has 1 amide bonds. The van der Waals surface area contributed by atoms with E-state index in [1.54, 1.807) is 29.5 Å². The van der Waals surface area contributed by atoms with Gasteiger partial charge in [0, 0.05) is 30.5 Å². The van der Waals surface area contributed by atoms with Crippen molar-refractivity contribution in [2.24, 2.45) is 0 Å². The van der Waals surface area contributed by atoms with E-state index < -0.39 is 4.92 Å². The quantitative estimate of drug-likeness (QED) is 0.579. The molecule has 1 heterocycles. The second kappa shape index (κ2) is 8.14. The predicted molar refractivity (Wildman–Crippen MR) is 87.2 cm³/mol. The average Bonchev–Trinajstić information content (AvgIpc) is 3.01. The Morgan fingerprint density at radius 2 is 2.00 bits per heavy atom. The minimum absolute atomic E-state index is 0.0144. The van der Waals surface area contributed by atoms with Crippen LogP contribution < -0.4 is 10.6 Å². The Hall–Kier alpha value is -2.41. The maximum atomic E-state index is 11.7. The van der Waals surface area contributed by atoms with E-state index in [0.29, 0.717) is 18.8 Å². The highest BCUT2D eigenvalue weighted by molar-refractivity contribution is 7.09. The molecule has 0 radical (unpaired) electrons. The van der Waals surface area contributed by atoms with Gasteiger partial charge in [-0.1, -0.05) is 18.2 Å². The van der Waals surface area contributed by atoms with Crippen molar-refractivity contribution in [2.45, 2.75) is 12.8 Å². The Balaban J connectivity index is 1.70. The SMILES string of the molecule is O=C(CCNc1ccccc1[N+](=O)[O-])NCCc1cccs1. The number of para-hydroxylation sites is 2. The minimum Gasteiger partial charge on any atom is -0.379 e. The molecule has 116 valence electrons. The van der Waals surface area contributed by atoms with Crippen molar-refractivity contribution in [2.75, 3.05) is 18.4 Å². The Morgan fingerprint density at radius 3 is 2.73 bits per heavy atom. The number of carbonyl (C=O) groups excluding carboxylic acids is 1. The molecule has 7 heteroatoms. The molecule has 6 nitrogen and oxygen atoms in total. The average molecular weight is 319 g/mol. The summed E-state index contributed by atoms with van der Waals surface area (Å²) in [5.74, 6) is -0.0670. The Labute approximate surface area is 132 Å². The van der Waals surface area contributed by atoms with Crippen LogP contribution in [-0.4, -0.2) is 23.9 Å². The van der Waals surface area contributed by atoms with Crippen LogP contribution in [0.2, 0.25) is 0 Å². The number of benzene rings is 1. The highest BCUT2D eigenvalue weighted by Crippen LogP contribution is 2.22. The van der Waals surface area contributed by atoms with Crippen molar-refractivity contribution < 1.29 is 9.72 Å². The summed E-state index contributed by atoms with van der Waals surface area (Å²) in [7, 11) is 0. The van der Waals surface area contributed by atoms with E-state index in [2.05, 4.69) is 10.6 Å². The lowest BCUT2D eigenvalue weighted by Crippen LogP contribution is -2.27. The first-order chi connectivity index (χ1) is 10.7. The van der Waals surface area contributed by atoms with Gasteiger partial charge < -0.3 is 10.6 Å². The lowest BCUT2D eigenvalue weighted by atomic mass is 10.2. The van der Waals surface area contributed by atoms with Crippen LogP contribution in [0.5, 0.6) is 0 Å². The summed E-state index contributed by atoms with van der Waals surface area (Å²) >= 11 is 1.67. The molecule has 22 heavy (non-hydrogen) atoms. The molecule has 0 bridgehead atoms. The molecule has 2 aromatic rings. The van der Waals surface area contributed by atoms with Crippen molar-refractivity contribution >= 4 is 28.6 Å². The summed E-state index contributed by atoms with van der Waals surface area (Å²) < 4.78 is 0. The number of nitrogens with one attached hydrogen (secondary N) is 2. The van der Waals surface area contributed by atoms with E-state index in [-0.39, 0.29) is 18.0 Å². The molecular formula is C15H17N3O3S. The first-order valence-corrected chi connectivity index (χ1v) is 7.81. The molecule has 0 aliphatic rings. The highest BCUT2D eigenvalue weighted by atomic mass is 32.1. The van der Waals surface area contributed by atoms with Gasteiger partial charge >= 0.3 is 0 Å². The number of hydrogen-bond acceptors (Lipinski definition) is 5. The van der Waals surface area contributed by atoms with E-state index in [1.807, 2.05) is 17.5 Å². The molecule has 1 aromatic heterocycles. The number of nitro benzene ring substituents is 1. The number of nitro groups is 1. The topological polar surface area (TPSA) is 84.3 Å². The van der Waals surface area contributed by atoms with Crippen LogP contribution in [0.1, 0.15) is 11.3 Å². The number of carbonyl (C=O) groups is 1. The Bertz CT molecular complexity index is 629. The molecule has 1 aromatic carbocycles. The lowest BCUT2D eigenvalue weighted by molar-refractivity contribution is -0.384. The van der Waals surface area contributed by atoms with Crippen molar-refractivity contribution in [3.05, 3.63) is 56.8 Å². The zero-order valence-electron chi connectivity index (χ0n) is 12.0. The van der Waals surface area contributed by atoms with E-state index in [9.17, 15) is 14.9 Å². The highest BCUT2D eigenvalue weighted by Gasteiger charge is 2.11. The van der Waals surface area contributed by atoms with Gasteiger partial charge in [0.1, 0.15) is 5.69 Å². The standard InChI is InChI=1S/C15H17N3O3S/c19-15(17-9-7-12-4-3-11-22-12)8-10-16-13-5-1-2-6-14(13)18(20)21/h1-6,11,16H,7-10H2,(H,17,19). The largest absolute Gasteiger partial charge is 0.379 e. The number of anilines is 1. The van der Waals surface area contributed by atoms with Crippen molar-refractivity contribution in [1.29, 1.82) is 0 Å². The fraction of sp³-hybridized carbons (Fsp3) is 0.267. The van der Waals surface area contributed by atoms with Gasteiger partial charge in [-0.2, -0.15) is 0 Å². The smallest absolute Gasteiger partial charge is 0.292 e. The predicted octanol–water partition coefficient (Wildman–Crippen LogP) is 2.82. The number of amides is 1. The fourth-order valence-electron chi connectivity index (χ4n) is 1.96. The van der Waals surface area contributed by atoms with Crippen LogP contribution in [0.25, 0.3) is 0 Å². The van der Waals surface area contributed by atoms with E-state index in [0.717, 1.165) is 6.42 Å². The van der Waals surface area contributed by atoms with Crippen molar-refractivity contribution in [3.63, 3.8) is 0 Å². The number of rotatable bonds is 8. The number of nitrogens with zero attached hydrogens (tertiary/aromatic N) is 1. The van der Waals surface area contributed by atoms with Gasteiger partial charge in [-0.3, -0.25) is 14.9 Å². The molecule has 2 rings (SSSR count). The fourth-order valence-corrected chi connectivity index (χ4v) is 2.67. The molecule has 0 unspecified atom stereocenters. The molecule has 2 N–H and O–H groups in total. The molecule has 0 saturated carbocycles. The summed E-state index contributed by atoms with van der Waals surface area (Å²) in [6.07, 6.45) is 1.09. The monoisotopic (exact) mass is 319 g/mol. The van der Waals surface area contributed by atoms with Gasteiger partial charge in [0.05, 0.1) is 4.92 Å². The Kier molecular flexibility index (Phi) is 5.91. The minimum atomic E-state index is -0.441. The third-order valence-electron chi connectivity index (χ3n) is 3.04. The summed E-state index contributed by atoms with van der Waals surface area (Å²) in [4.78, 5) is 23.4. The van der Waals surface area contributed by atoms with Gasteiger partial charge in [0.2, 0.25) is 5.91 Å². The Morgan fingerprint density at radius 1 is 1.18 bits per heavy atom. The third kappa shape index (κ3) is 4.85. The number of hydrogen-bond donors (Lipinski definition) is 2. The van der Waals surface area contributed by atoms with Crippen LogP contribution >= 0.6 is 11.3 Å². The zero-order chi connectivity index (χ0) is 15.8. The normalized spacial score (nSPS) is 10.2. The van der Waals surface area contributed by atoms with Gasteiger partial charge in [-0.15, -0.1) is 11.3 Å². The first-order valence-electron chi connectivity index (χ1n) is 6.93. The van der Waals surface area contributed by atoms with Gasteiger partial charge in [-0.05, 0) is 23.9 Å². The second-order valence-electron chi connectivity index (χ2n) is 4.63. The maximum Gasteiger partial charge on any atom is 0.292 e. The molecule has 0 aliphatic heterocycles. The van der Waals surface area contributed by atoms with Crippen LogP contribution in [0.3, 0.4) is 0 Å². The summed E-state index contributed by atoms with van der Waals surface area (Å²) in [6.45, 7) is 0.959. The molecular weight excluding hydrogens is 302 g/mol. The second-order valence-corrected chi connectivity index (χ2v) is 5.66. The summed E-state index contributed by atoms with van der Waals surface area (Å²) in [6, 6.07) is 10.4. The van der Waals surface area contributed by atoms with Crippen molar-refractivity contribution in [1.82, 2.24) is 5.32 Å². The van der Waals surface area contributed by atoms with Gasteiger partial charge in [-0.25, -0.2) is 0 Å². The van der Waals surface area contributed by atoms with Crippen LogP contribution in [-0.2, 0) is 11.2 Å². The first kappa shape index (κ1) is 16.0. The van der Waals surface area contributed by atoms with Crippen LogP contribution in [0.4, 0.5) is 11.4 Å². The third-order valence-corrected chi connectivity index (χ3v) is 3.98. The number of thiophene rings is 1. The molecule has 0 saturated heterocycles. The summed E-state index contributed by atoms with van der Waals surface area (Å²) in [5, 5.41) is 18.6. The molecule has 0 fully saturated rings. The lowest BCUT2D eigenvalue weighted by Gasteiger charge is -2.07. The van der Waals surface area contributed by atoms with Gasteiger partial charge in [0.15, 0.2) is 0 Å². The van der Waals surface area contributed by atoms with E-state index in [4.69, 9.17) is 0 Å². The molecule has 0 atom stereocenters. The maximum absolute atomic E-state index is 11.7. The molecule has 0 aliphatic carbocycles. The van der Waals surface area contributed by atoms with E-state index >= 15 is 0 Å². The molecule has 0 spiro atoms. The van der Waals surface area contributed by atoms with Crippen molar-refractivity contribution in [3.8, 4) is 0 Å². The zero-order valence-corrected chi connectivity index (χ0v) is 12.8. The van der Waals surface area contributed by atoms with Gasteiger partial charge in [0.25, 0.3) is 5.69 Å². The van der Waals surface area contributed by atoms with Crippen LogP contribution in [0, 0.1) is 10.1 Å².